The molecule has 0 rings (SSSR count). The van der Waals surface area contributed by atoms with Gasteiger partial charge in [-0.2, -0.15) is 0 Å². The Kier molecular flexibility index (Phi) is 14.9. The highest BCUT2D eigenvalue weighted by atomic mass is 16.5. The van der Waals surface area contributed by atoms with E-state index in [1.54, 1.807) is 0 Å². The molecule has 132 valence electrons. The molecule has 0 aliphatic rings. The Morgan fingerprint density at radius 3 is 1.64 bits per heavy atom. The van der Waals surface area contributed by atoms with Crippen molar-refractivity contribution in [1.29, 1.82) is 0 Å². The molecule has 0 amide bonds. The number of carbonyl (C=O) groups is 1. The molecule has 0 fully saturated rings. The second kappa shape index (κ2) is 15.3. The van der Waals surface area contributed by atoms with Crippen LogP contribution in [-0.4, -0.2) is 37.6 Å². The monoisotopic (exact) mass is 313 g/mol. The number of ether oxygens (including phenoxy) is 1. The molecular weight excluding hydrogens is 274 g/mol. The molecule has 0 aliphatic carbocycles. The number of nitrogens with zero attached hydrogens (tertiary/aromatic N) is 1. The van der Waals surface area contributed by atoms with Crippen molar-refractivity contribution in [2.24, 2.45) is 0 Å². The quantitative estimate of drug-likeness (QED) is 0.308. The van der Waals surface area contributed by atoms with Crippen LogP contribution >= 0.6 is 0 Å². The normalized spacial score (nSPS) is 12.6. The fraction of sp³-hybridized carbons (Fsp3) is 0.947. The second-order valence-corrected chi connectivity index (χ2v) is 6.70. The van der Waals surface area contributed by atoms with Crippen LogP contribution in [0.15, 0.2) is 0 Å². The van der Waals surface area contributed by atoms with E-state index in [9.17, 15) is 4.79 Å². The predicted molar refractivity (Wildman–Crippen MR) is 95.2 cm³/mol. The number of unbranched alkanes of at least 4 members (excludes halogenated alkanes) is 11. The number of carbonyl (C=O) groups excluding carboxylic acids is 1. The Labute approximate surface area is 138 Å². The predicted octanol–water partition coefficient (Wildman–Crippen LogP) is 5.18. The van der Waals surface area contributed by atoms with E-state index in [1.807, 2.05) is 25.9 Å². The van der Waals surface area contributed by atoms with Crippen molar-refractivity contribution in [2.45, 2.75) is 96.9 Å². The lowest BCUT2D eigenvalue weighted by molar-refractivity contribution is -0.148. The van der Waals surface area contributed by atoms with E-state index in [4.69, 9.17) is 4.74 Å². The first-order valence-electron chi connectivity index (χ1n) is 9.42. The van der Waals surface area contributed by atoms with Crippen molar-refractivity contribution in [2.75, 3.05) is 20.7 Å². The molecule has 3 heteroatoms. The van der Waals surface area contributed by atoms with E-state index in [0.717, 1.165) is 6.42 Å². The van der Waals surface area contributed by atoms with Crippen molar-refractivity contribution in [3.8, 4) is 0 Å². The SMILES string of the molecule is CCCCCCCCCCCCCCOC(=O)C(C)N(C)C. The van der Waals surface area contributed by atoms with E-state index in [1.165, 1.54) is 70.6 Å². The van der Waals surface area contributed by atoms with Gasteiger partial charge in [-0.15, -0.1) is 0 Å². The number of likely N-dealkylation sites (N-methyl/N-ethyl adjacent to an activating group) is 1. The highest BCUT2D eigenvalue weighted by Crippen LogP contribution is 2.12. The maximum absolute atomic E-state index is 11.6. The van der Waals surface area contributed by atoms with Crippen LogP contribution in [-0.2, 0) is 9.53 Å². The maximum Gasteiger partial charge on any atom is 0.323 e. The first-order valence-corrected chi connectivity index (χ1v) is 9.42. The summed E-state index contributed by atoms with van der Waals surface area (Å²) in [6.45, 7) is 4.73. The van der Waals surface area contributed by atoms with Crippen LogP contribution in [0.5, 0.6) is 0 Å². The molecule has 0 saturated heterocycles. The molecule has 0 saturated carbocycles. The highest BCUT2D eigenvalue weighted by Gasteiger charge is 2.15. The Bertz CT molecular complexity index is 254. The third-order valence-electron chi connectivity index (χ3n) is 4.36. The Morgan fingerprint density at radius 1 is 0.818 bits per heavy atom. The minimum absolute atomic E-state index is 0.104. The average Bonchev–Trinajstić information content (AvgIpc) is 2.50. The zero-order valence-electron chi connectivity index (χ0n) is 15.5. The Balaban J connectivity index is 3.19. The van der Waals surface area contributed by atoms with Gasteiger partial charge in [-0.25, -0.2) is 0 Å². The average molecular weight is 314 g/mol. The smallest absolute Gasteiger partial charge is 0.323 e. The van der Waals surface area contributed by atoms with Gasteiger partial charge in [-0.05, 0) is 27.4 Å². The molecule has 1 unspecified atom stereocenters. The van der Waals surface area contributed by atoms with Gasteiger partial charge in [0.05, 0.1) is 6.61 Å². The van der Waals surface area contributed by atoms with Gasteiger partial charge in [-0.3, -0.25) is 9.69 Å². The summed E-state index contributed by atoms with van der Waals surface area (Å²) >= 11 is 0. The summed E-state index contributed by atoms with van der Waals surface area (Å²) in [6, 6.07) is -0.141. The largest absolute Gasteiger partial charge is 0.465 e. The van der Waals surface area contributed by atoms with Crippen LogP contribution in [0.4, 0.5) is 0 Å². The van der Waals surface area contributed by atoms with Crippen molar-refractivity contribution in [3.63, 3.8) is 0 Å². The third kappa shape index (κ3) is 13.1. The minimum Gasteiger partial charge on any atom is -0.465 e. The van der Waals surface area contributed by atoms with E-state index in [-0.39, 0.29) is 12.0 Å². The third-order valence-corrected chi connectivity index (χ3v) is 4.36. The van der Waals surface area contributed by atoms with E-state index in [0.29, 0.717) is 6.61 Å². The molecule has 0 radical (unpaired) electrons. The second-order valence-electron chi connectivity index (χ2n) is 6.70. The van der Waals surface area contributed by atoms with Crippen LogP contribution in [0, 0.1) is 0 Å². The van der Waals surface area contributed by atoms with Crippen LogP contribution in [0.25, 0.3) is 0 Å². The van der Waals surface area contributed by atoms with Gasteiger partial charge in [0.1, 0.15) is 6.04 Å². The molecule has 0 aromatic heterocycles. The van der Waals surface area contributed by atoms with Crippen molar-refractivity contribution < 1.29 is 9.53 Å². The van der Waals surface area contributed by atoms with Gasteiger partial charge in [0.25, 0.3) is 0 Å². The van der Waals surface area contributed by atoms with E-state index < -0.39 is 0 Å². The summed E-state index contributed by atoms with van der Waals surface area (Å²) in [5, 5.41) is 0. The zero-order valence-corrected chi connectivity index (χ0v) is 15.5. The maximum atomic E-state index is 11.6. The lowest BCUT2D eigenvalue weighted by atomic mass is 10.1. The minimum atomic E-state index is -0.141. The molecule has 0 N–H and O–H groups in total. The van der Waals surface area contributed by atoms with Crippen molar-refractivity contribution in [1.82, 2.24) is 4.90 Å². The van der Waals surface area contributed by atoms with Crippen molar-refractivity contribution >= 4 is 5.97 Å². The summed E-state index contributed by atoms with van der Waals surface area (Å²) < 4.78 is 5.28. The number of rotatable bonds is 15. The number of hydrogen-bond donors (Lipinski definition) is 0. The van der Waals surface area contributed by atoms with Crippen molar-refractivity contribution in [3.05, 3.63) is 0 Å². The molecule has 22 heavy (non-hydrogen) atoms. The lowest BCUT2D eigenvalue weighted by Gasteiger charge is -2.17. The summed E-state index contributed by atoms with van der Waals surface area (Å²) in [5.74, 6) is -0.104. The molecule has 0 bridgehead atoms. The molecule has 0 spiro atoms. The Morgan fingerprint density at radius 2 is 1.23 bits per heavy atom. The van der Waals surface area contributed by atoms with Crippen LogP contribution in [0.1, 0.15) is 90.9 Å². The first kappa shape index (κ1) is 21.4. The van der Waals surface area contributed by atoms with Crippen LogP contribution in [0.2, 0.25) is 0 Å². The molecule has 1 atom stereocenters. The summed E-state index contributed by atoms with van der Waals surface area (Å²) in [4.78, 5) is 13.5. The first-order chi connectivity index (χ1) is 10.6. The molecule has 3 nitrogen and oxygen atoms in total. The van der Waals surface area contributed by atoms with E-state index >= 15 is 0 Å². The molecule has 0 heterocycles. The fourth-order valence-electron chi connectivity index (χ4n) is 2.45. The summed E-state index contributed by atoms with van der Waals surface area (Å²) in [7, 11) is 3.80. The molecule has 0 aromatic rings. The van der Waals surface area contributed by atoms with Gasteiger partial charge in [0, 0.05) is 0 Å². The molecule has 0 aliphatic heterocycles. The van der Waals surface area contributed by atoms with Gasteiger partial charge in [0.2, 0.25) is 0 Å². The zero-order chi connectivity index (χ0) is 16.6. The highest BCUT2D eigenvalue weighted by molar-refractivity contribution is 5.75. The Hall–Kier alpha value is -0.570. The van der Waals surface area contributed by atoms with Crippen LogP contribution < -0.4 is 0 Å². The fourth-order valence-corrected chi connectivity index (χ4v) is 2.45. The number of hydrogen-bond acceptors (Lipinski definition) is 3. The van der Waals surface area contributed by atoms with Gasteiger partial charge in [-0.1, -0.05) is 77.6 Å². The lowest BCUT2D eigenvalue weighted by Crippen LogP contribution is -2.34. The topological polar surface area (TPSA) is 29.5 Å². The van der Waals surface area contributed by atoms with E-state index in [2.05, 4.69) is 6.92 Å². The van der Waals surface area contributed by atoms with Gasteiger partial charge in [0.15, 0.2) is 0 Å². The number of esters is 1. The van der Waals surface area contributed by atoms with Crippen LogP contribution in [0.3, 0.4) is 0 Å². The van der Waals surface area contributed by atoms with Gasteiger partial charge >= 0.3 is 5.97 Å². The standard InChI is InChI=1S/C19H39NO2/c1-5-6-7-8-9-10-11-12-13-14-15-16-17-22-19(21)18(2)20(3)4/h18H,5-17H2,1-4H3. The summed E-state index contributed by atoms with van der Waals surface area (Å²) in [6.07, 6.45) is 15.9. The molecule has 0 aromatic carbocycles. The summed E-state index contributed by atoms with van der Waals surface area (Å²) in [5.41, 5.74) is 0. The molecular formula is C19H39NO2. The van der Waals surface area contributed by atoms with Gasteiger partial charge < -0.3 is 4.74 Å².